The minimum Gasteiger partial charge on any atom is -0.494 e. The summed E-state index contributed by atoms with van der Waals surface area (Å²) in [7, 11) is -3.12. The van der Waals surface area contributed by atoms with Crippen molar-refractivity contribution in [3.63, 3.8) is 0 Å². The van der Waals surface area contributed by atoms with Crippen molar-refractivity contribution in [1.82, 2.24) is 4.90 Å². The molecule has 1 heterocycles. The molecule has 0 unspecified atom stereocenters. The molecule has 0 spiro atoms. The maximum Gasteiger partial charge on any atom is 0.254 e. The van der Waals surface area contributed by atoms with E-state index in [1.54, 1.807) is 35.2 Å². The molecule has 1 saturated heterocycles. The van der Waals surface area contributed by atoms with Crippen molar-refractivity contribution < 1.29 is 17.9 Å². The van der Waals surface area contributed by atoms with Gasteiger partial charge in [-0.1, -0.05) is 36.7 Å². The van der Waals surface area contributed by atoms with E-state index in [0.717, 1.165) is 12.0 Å². The van der Waals surface area contributed by atoms with Gasteiger partial charge in [0.05, 0.1) is 18.1 Å². The number of nitrogens with zero attached hydrogens (tertiary/aromatic N) is 1. The van der Waals surface area contributed by atoms with Crippen molar-refractivity contribution in [2.45, 2.75) is 32.4 Å². The second-order valence-corrected chi connectivity index (χ2v) is 9.59. The largest absolute Gasteiger partial charge is 0.494 e. The van der Waals surface area contributed by atoms with Crippen molar-refractivity contribution in [1.29, 1.82) is 0 Å². The highest BCUT2D eigenvalue weighted by molar-refractivity contribution is 7.91. The van der Waals surface area contributed by atoms with Crippen molar-refractivity contribution in [3.05, 3.63) is 64.7 Å². The van der Waals surface area contributed by atoms with Crippen LogP contribution in [0.3, 0.4) is 0 Å². The standard InChI is InChI=1S/C21H24ClNO4S/c1-2-12-27-19-9-7-16(8-10-19)21(24)23(18-11-13-28(25,26)15-18)14-17-5-3-4-6-20(17)22/h3-10,18H,2,11-15H2,1H3/t18-/m0/s1. The summed E-state index contributed by atoms with van der Waals surface area (Å²) in [6, 6.07) is 13.9. The summed E-state index contributed by atoms with van der Waals surface area (Å²) in [5, 5.41) is 0.560. The van der Waals surface area contributed by atoms with Crippen LogP contribution in [0.4, 0.5) is 0 Å². The zero-order valence-corrected chi connectivity index (χ0v) is 17.4. The van der Waals surface area contributed by atoms with Gasteiger partial charge >= 0.3 is 0 Å². The van der Waals surface area contributed by atoms with E-state index in [1.165, 1.54) is 0 Å². The van der Waals surface area contributed by atoms with Crippen LogP contribution in [0.25, 0.3) is 0 Å². The number of hydrogen-bond donors (Lipinski definition) is 0. The maximum atomic E-state index is 13.2. The SMILES string of the molecule is CCCOc1ccc(C(=O)N(Cc2ccccc2Cl)[C@H]2CCS(=O)(=O)C2)cc1. The molecule has 2 aromatic carbocycles. The molecule has 1 amide bonds. The Morgan fingerprint density at radius 3 is 2.50 bits per heavy atom. The summed E-state index contributed by atoms with van der Waals surface area (Å²) >= 11 is 6.28. The predicted octanol–water partition coefficient (Wildman–Crippen LogP) is 3.96. The van der Waals surface area contributed by atoms with Crippen LogP contribution in [0.15, 0.2) is 48.5 Å². The van der Waals surface area contributed by atoms with Gasteiger partial charge in [0.25, 0.3) is 5.91 Å². The number of ether oxygens (including phenoxy) is 1. The number of benzene rings is 2. The number of carbonyl (C=O) groups excluding carboxylic acids is 1. The summed E-state index contributed by atoms with van der Waals surface area (Å²) in [4.78, 5) is 14.9. The molecular formula is C21H24ClNO4S. The van der Waals surface area contributed by atoms with E-state index in [2.05, 4.69) is 0 Å². The molecule has 0 aliphatic carbocycles. The smallest absolute Gasteiger partial charge is 0.254 e. The predicted molar refractivity (Wildman–Crippen MR) is 111 cm³/mol. The third kappa shape index (κ3) is 5.06. The Bertz CT molecular complexity index is 928. The summed E-state index contributed by atoms with van der Waals surface area (Å²) < 4.78 is 29.5. The summed E-state index contributed by atoms with van der Waals surface area (Å²) in [6.07, 6.45) is 1.35. The molecule has 0 bridgehead atoms. The number of halogens is 1. The van der Waals surface area contributed by atoms with Gasteiger partial charge in [0.2, 0.25) is 0 Å². The van der Waals surface area contributed by atoms with Crippen LogP contribution in [0.1, 0.15) is 35.7 Å². The summed E-state index contributed by atoms with van der Waals surface area (Å²) in [5.41, 5.74) is 1.30. The normalized spacial score (nSPS) is 18.0. The summed E-state index contributed by atoms with van der Waals surface area (Å²) in [6.45, 7) is 2.92. The van der Waals surface area contributed by atoms with Gasteiger partial charge in [-0.3, -0.25) is 4.79 Å². The first kappa shape index (κ1) is 20.7. The van der Waals surface area contributed by atoms with E-state index in [-0.39, 0.29) is 30.0 Å². The molecule has 3 rings (SSSR count). The van der Waals surface area contributed by atoms with Crippen LogP contribution in [-0.4, -0.2) is 43.4 Å². The molecule has 28 heavy (non-hydrogen) atoms. The molecule has 0 saturated carbocycles. The van der Waals surface area contributed by atoms with Crippen LogP contribution in [0.5, 0.6) is 5.75 Å². The molecule has 2 aromatic rings. The van der Waals surface area contributed by atoms with Crippen molar-refractivity contribution in [2.75, 3.05) is 18.1 Å². The number of sulfone groups is 1. The lowest BCUT2D eigenvalue weighted by molar-refractivity contribution is 0.0681. The fourth-order valence-corrected chi connectivity index (χ4v) is 5.20. The van der Waals surface area contributed by atoms with Gasteiger partial charge in [-0.05, 0) is 48.7 Å². The third-order valence-electron chi connectivity index (χ3n) is 4.78. The highest BCUT2D eigenvalue weighted by Crippen LogP contribution is 2.25. The first-order valence-electron chi connectivity index (χ1n) is 9.37. The molecule has 0 radical (unpaired) electrons. The summed E-state index contributed by atoms with van der Waals surface area (Å²) in [5.74, 6) is 0.595. The molecule has 1 fully saturated rings. The highest BCUT2D eigenvalue weighted by atomic mass is 35.5. The number of carbonyl (C=O) groups is 1. The van der Waals surface area contributed by atoms with Crippen molar-refractivity contribution in [2.24, 2.45) is 0 Å². The number of hydrogen-bond acceptors (Lipinski definition) is 4. The molecule has 150 valence electrons. The molecule has 0 aromatic heterocycles. The first-order chi connectivity index (χ1) is 13.4. The lowest BCUT2D eigenvalue weighted by Crippen LogP contribution is -2.40. The van der Waals surface area contributed by atoms with Crippen LogP contribution in [-0.2, 0) is 16.4 Å². The van der Waals surface area contributed by atoms with Crippen LogP contribution in [0, 0.1) is 0 Å². The Morgan fingerprint density at radius 1 is 1.18 bits per heavy atom. The van der Waals surface area contributed by atoms with Gasteiger partial charge in [-0.15, -0.1) is 0 Å². The Balaban J connectivity index is 1.85. The molecule has 5 nitrogen and oxygen atoms in total. The van der Waals surface area contributed by atoms with E-state index in [9.17, 15) is 13.2 Å². The molecule has 1 aliphatic rings. The Hall–Kier alpha value is -2.05. The third-order valence-corrected chi connectivity index (χ3v) is 6.90. The van der Waals surface area contributed by atoms with E-state index >= 15 is 0 Å². The van der Waals surface area contributed by atoms with Gasteiger partial charge in [0.1, 0.15) is 5.75 Å². The Kier molecular flexibility index (Phi) is 6.62. The lowest BCUT2D eigenvalue weighted by atomic mass is 10.1. The minimum atomic E-state index is -3.12. The monoisotopic (exact) mass is 421 g/mol. The van der Waals surface area contributed by atoms with Crippen molar-refractivity contribution >= 4 is 27.3 Å². The van der Waals surface area contributed by atoms with Gasteiger partial charge in [-0.2, -0.15) is 0 Å². The quantitative estimate of drug-likeness (QED) is 0.678. The molecule has 1 atom stereocenters. The van der Waals surface area contributed by atoms with Crippen LogP contribution < -0.4 is 4.74 Å². The second kappa shape index (κ2) is 8.97. The minimum absolute atomic E-state index is 0.0130. The van der Waals surface area contributed by atoms with Gasteiger partial charge < -0.3 is 9.64 Å². The van der Waals surface area contributed by atoms with Crippen LogP contribution in [0.2, 0.25) is 5.02 Å². The second-order valence-electron chi connectivity index (χ2n) is 6.95. The highest BCUT2D eigenvalue weighted by Gasteiger charge is 2.35. The average Bonchev–Trinajstić information content (AvgIpc) is 3.05. The van der Waals surface area contributed by atoms with E-state index < -0.39 is 9.84 Å². The number of rotatable bonds is 7. The fourth-order valence-electron chi connectivity index (χ4n) is 3.28. The topological polar surface area (TPSA) is 63.7 Å². The zero-order chi connectivity index (χ0) is 20.1. The van der Waals surface area contributed by atoms with Gasteiger partial charge in [0, 0.05) is 23.2 Å². The average molecular weight is 422 g/mol. The van der Waals surface area contributed by atoms with Gasteiger partial charge in [-0.25, -0.2) is 8.42 Å². The number of amides is 1. The molecular weight excluding hydrogens is 398 g/mol. The molecule has 1 aliphatic heterocycles. The Labute approximate surface area is 171 Å². The fraction of sp³-hybridized carbons (Fsp3) is 0.381. The first-order valence-corrected chi connectivity index (χ1v) is 11.6. The Morgan fingerprint density at radius 2 is 1.89 bits per heavy atom. The van der Waals surface area contributed by atoms with Gasteiger partial charge in [0.15, 0.2) is 9.84 Å². The van der Waals surface area contributed by atoms with E-state index in [1.807, 2.05) is 25.1 Å². The zero-order valence-electron chi connectivity index (χ0n) is 15.8. The van der Waals surface area contributed by atoms with Crippen LogP contribution >= 0.6 is 11.6 Å². The molecule has 7 heteroatoms. The van der Waals surface area contributed by atoms with E-state index in [4.69, 9.17) is 16.3 Å². The lowest BCUT2D eigenvalue weighted by Gasteiger charge is -2.29. The van der Waals surface area contributed by atoms with E-state index in [0.29, 0.717) is 29.4 Å². The molecule has 0 N–H and O–H groups in total. The van der Waals surface area contributed by atoms with Crippen molar-refractivity contribution in [3.8, 4) is 5.75 Å². The maximum absolute atomic E-state index is 13.2.